The summed E-state index contributed by atoms with van der Waals surface area (Å²) in [6.07, 6.45) is 8.31. The highest BCUT2D eigenvalue weighted by atomic mass is 19.1. The zero-order chi connectivity index (χ0) is 40.5. The quantitative estimate of drug-likeness (QED) is 0.153. The molecule has 5 heterocycles. The van der Waals surface area contributed by atoms with E-state index < -0.39 is 17.8 Å². The number of carbonyl (C=O) groups excluding carboxylic acids is 4. The number of nitrogens with one attached hydrogen (secondary N) is 3. The second kappa shape index (κ2) is 16.2. The molecule has 3 aliphatic rings. The van der Waals surface area contributed by atoms with Crippen molar-refractivity contribution in [3.05, 3.63) is 102 Å². The molecular weight excluding hydrogens is 745 g/mol. The molecule has 0 spiro atoms. The smallest absolute Gasteiger partial charge is 0.269 e. The average molecular weight is 790 g/mol. The topological polar surface area (TPSA) is 149 Å². The molecule has 4 amide bonds. The number of benzene rings is 3. The van der Waals surface area contributed by atoms with E-state index in [9.17, 15) is 19.2 Å². The molecule has 15 heteroatoms. The molecule has 0 radical (unpaired) electrons. The summed E-state index contributed by atoms with van der Waals surface area (Å²) in [6.45, 7) is 2.51. The number of halogens is 2. The van der Waals surface area contributed by atoms with E-state index >= 15 is 8.78 Å². The zero-order valence-corrected chi connectivity index (χ0v) is 32.4. The first-order chi connectivity index (χ1) is 28.0. The van der Waals surface area contributed by atoms with Crippen molar-refractivity contribution in [3.8, 4) is 11.1 Å². The van der Waals surface area contributed by atoms with E-state index in [1.165, 1.54) is 11.0 Å². The molecule has 3 N–H and O–H groups in total. The van der Waals surface area contributed by atoms with Gasteiger partial charge >= 0.3 is 0 Å². The molecule has 2 fully saturated rings. The first kappa shape index (κ1) is 38.5. The summed E-state index contributed by atoms with van der Waals surface area (Å²) in [7, 11) is 3.30. The van der Waals surface area contributed by atoms with Crippen LogP contribution in [0.5, 0.6) is 0 Å². The highest BCUT2D eigenvalue weighted by Gasteiger charge is 2.29. The molecule has 1 atom stereocenters. The van der Waals surface area contributed by atoms with Gasteiger partial charge in [-0.2, -0.15) is 0 Å². The Kier molecular flexibility index (Phi) is 10.8. The van der Waals surface area contributed by atoms with E-state index in [0.717, 1.165) is 29.5 Å². The van der Waals surface area contributed by atoms with E-state index in [0.29, 0.717) is 66.9 Å². The summed E-state index contributed by atoms with van der Waals surface area (Å²) in [4.78, 5) is 58.2. The Hall–Kier alpha value is -6.38. The van der Waals surface area contributed by atoms with Crippen molar-refractivity contribution in [2.24, 2.45) is 0 Å². The van der Waals surface area contributed by atoms with Gasteiger partial charge in [-0.3, -0.25) is 29.2 Å². The van der Waals surface area contributed by atoms with Crippen molar-refractivity contribution in [3.63, 3.8) is 0 Å². The maximum absolute atomic E-state index is 16.5. The van der Waals surface area contributed by atoms with Crippen molar-refractivity contribution in [2.45, 2.75) is 57.0 Å². The summed E-state index contributed by atoms with van der Waals surface area (Å²) >= 11 is 0. The molecule has 0 unspecified atom stereocenters. The van der Waals surface area contributed by atoms with Gasteiger partial charge in [-0.1, -0.05) is 35.6 Å². The molecule has 13 nitrogen and oxygen atoms in total. The Labute approximate surface area is 334 Å². The Morgan fingerprint density at radius 2 is 1.76 bits per heavy atom. The zero-order valence-electron chi connectivity index (χ0n) is 32.4. The normalized spacial score (nSPS) is 17.7. The second-order valence-corrected chi connectivity index (χ2v) is 15.4. The van der Waals surface area contributed by atoms with Crippen LogP contribution >= 0.6 is 0 Å². The van der Waals surface area contributed by atoms with Crippen LogP contribution in [0, 0.1) is 11.6 Å². The standard InChI is InChI=1S/C43H45F2N9O4/c1-51(2)43(58)36-24-33-31(23-32(40(45)41(33)48-36)29-4-3-17-53(25-29)39(56)15-20-54-21-16-46-50-54)28-7-5-26(6-8-28)27-13-18-52(19-14-27)37-11-9-30(22-34(37)44)47-35-10-12-38(55)49-42(35)57/h4-9,11,16,21-24,27,35,47-48H,3,10,12-15,17-20,25H2,1-2H3,(H,49,55,57)/t35-/m1/s1. The van der Waals surface area contributed by atoms with Crippen LogP contribution in [-0.4, -0.2) is 99.7 Å². The Morgan fingerprint density at radius 3 is 2.47 bits per heavy atom. The number of piperidine rings is 2. The molecule has 0 bridgehead atoms. The monoisotopic (exact) mass is 789 g/mol. The SMILES string of the molecule is CN(C)C(=O)c1cc2c(-c3ccc(C4CCN(c5ccc(N[C@@H]6CCC(=O)NC6=O)cc5F)CC4)cc3)cc(C3=CCCN(C(=O)CCn4ccnn4)C3)c(F)c2[nH]1. The minimum absolute atomic E-state index is 0.0506. The van der Waals surface area contributed by atoms with Gasteiger partial charge in [0, 0.05) is 75.9 Å². The largest absolute Gasteiger partial charge is 0.374 e. The highest BCUT2D eigenvalue weighted by Crippen LogP contribution is 2.39. The number of H-pyrrole nitrogens is 1. The predicted molar refractivity (Wildman–Crippen MR) is 216 cm³/mol. The van der Waals surface area contributed by atoms with Gasteiger partial charge in [0.1, 0.15) is 17.6 Å². The van der Waals surface area contributed by atoms with Crippen LogP contribution in [0.4, 0.5) is 20.2 Å². The molecule has 300 valence electrons. The predicted octanol–water partition coefficient (Wildman–Crippen LogP) is 5.71. The second-order valence-electron chi connectivity index (χ2n) is 15.4. The number of imide groups is 1. The number of aryl methyl sites for hydroxylation is 1. The first-order valence-corrected chi connectivity index (χ1v) is 19.7. The fraction of sp³-hybridized carbons (Fsp3) is 0.349. The molecule has 2 aromatic heterocycles. The first-order valence-electron chi connectivity index (χ1n) is 19.7. The fourth-order valence-corrected chi connectivity index (χ4v) is 8.24. The van der Waals surface area contributed by atoms with Crippen molar-refractivity contribution in [2.75, 3.05) is 50.5 Å². The van der Waals surface area contributed by atoms with Crippen molar-refractivity contribution >= 4 is 51.5 Å². The van der Waals surface area contributed by atoms with Gasteiger partial charge in [0.15, 0.2) is 5.82 Å². The number of aromatic amines is 1. The van der Waals surface area contributed by atoms with Crippen molar-refractivity contribution in [1.82, 2.24) is 35.1 Å². The van der Waals surface area contributed by atoms with Crippen LogP contribution < -0.4 is 15.5 Å². The molecule has 0 saturated carbocycles. The number of anilines is 2. The summed E-state index contributed by atoms with van der Waals surface area (Å²) in [5.74, 6) is -1.63. The van der Waals surface area contributed by atoms with E-state index in [-0.39, 0.29) is 60.1 Å². The summed E-state index contributed by atoms with van der Waals surface area (Å²) in [5.41, 5.74) is 5.37. The molecule has 3 aliphatic heterocycles. The lowest BCUT2D eigenvalue weighted by atomic mass is 9.87. The average Bonchev–Trinajstić information content (AvgIpc) is 3.93. The van der Waals surface area contributed by atoms with Gasteiger partial charge in [-0.15, -0.1) is 5.10 Å². The third kappa shape index (κ3) is 7.93. The van der Waals surface area contributed by atoms with Crippen molar-refractivity contribution in [1.29, 1.82) is 0 Å². The molecule has 58 heavy (non-hydrogen) atoms. The summed E-state index contributed by atoms with van der Waals surface area (Å²) in [6, 6.07) is 16.1. The van der Waals surface area contributed by atoms with E-state index in [1.54, 1.807) is 54.3 Å². The maximum atomic E-state index is 16.5. The minimum Gasteiger partial charge on any atom is -0.374 e. The van der Waals surface area contributed by atoms with Gasteiger partial charge < -0.3 is 25.0 Å². The lowest BCUT2D eigenvalue weighted by Gasteiger charge is -2.34. The molecule has 0 aliphatic carbocycles. The number of amides is 4. The lowest BCUT2D eigenvalue weighted by molar-refractivity contribution is -0.134. The number of rotatable bonds is 10. The van der Waals surface area contributed by atoms with Gasteiger partial charge in [-0.05, 0) is 84.2 Å². The molecule has 5 aromatic rings. The van der Waals surface area contributed by atoms with Crippen molar-refractivity contribution < 1.29 is 28.0 Å². The van der Waals surface area contributed by atoms with Crippen LogP contribution in [0.2, 0.25) is 0 Å². The van der Waals surface area contributed by atoms with Gasteiger partial charge in [0.25, 0.3) is 5.91 Å². The van der Waals surface area contributed by atoms with E-state index in [1.807, 2.05) is 29.2 Å². The summed E-state index contributed by atoms with van der Waals surface area (Å²) in [5, 5.41) is 13.7. The van der Waals surface area contributed by atoms with Crippen LogP contribution in [0.1, 0.15) is 66.1 Å². The lowest BCUT2D eigenvalue weighted by Crippen LogP contribution is -2.47. The third-order valence-electron chi connectivity index (χ3n) is 11.4. The van der Waals surface area contributed by atoms with Gasteiger partial charge in [0.2, 0.25) is 17.7 Å². The van der Waals surface area contributed by atoms with Crippen LogP contribution in [0.25, 0.3) is 27.6 Å². The molecule has 3 aromatic carbocycles. The maximum Gasteiger partial charge on any atom is 0.269 e. The van der Waals surface area contributed by atoms with Gasteiger partial charge in [0.05, 0.1) is 23.9 Å². The molecule has 8 rings (SSSR count). The number of hydrogen-bond donors (Lipinski definition) is 3. The highest BCUT2D eigenvalue weighted by molar-refractivity contribution is 6.05. The molecular formula is C43H45F2N9O4. The van der Waals surface area contributed by atoms with Crippen LogP contribution in [0.3, 0.4) is 0 Å². The minimum atomic E-state index is -0.589. The summed E-state index contributed by atoms with van der Waals surface area (Å²) < 4.78 is 33.5. The van der Waals surface area contributed by atoms with Gasteiger partial charge in [-0.25, -0.2) is 8.78 Å². The number of fused-ring (bicyclic) bond motifs is 1. The molecule has 2 saturated heterocycles. The fourth-order valence-electron chi connectivity index (χ4n) is 8.24. The number of hydrogen-bond acceptors (Lipinski definition) is 8. The third-order valence-corrected chi connectivity index (χ3v) is 11.4. The number of aromatic nitrogens is 4. The number of carbonyl (C=O) groups is 4. The van der Waals surface area contributed by atoms with E-state index in [4.69, 9.17) is 0 Å². The Bertz CT molecular complexity index is 2400. The number of nitrogens with zero attached hydrogens (tertiary/aromatic N) is 6. The Balaban J connectivity index is 0.989. The van der Waals surface area contributed by atoms with Crippen LogP contribution in [-0.2, 0) is 20.9 Å². The van der Waals surface area contributed by atoms with Crippen LogP contribution in [0.15, 0.2) is 73.1 Å². The Morgan fingerprint density at radius 1 is 0.966 bits per heavy atom. The van der Waals surface area contributed by atoms with E-state index in [2.05, 4.69) is 38.1 Å².